The van der Waals surface area contributed by atoms with Gasteiger partial charge in [0.05, 0.1) is 23.6 Å². The Kier molecular flexibility index (Phi) is 7.07. The van der Waals surface area contributed by atoms with E-state index in [-0.39, 0.29) is 0 Å². The number of hydrogen-bond donors (Lipinski definition) is 0. The highest BCUT2D eigenvalue weighted by atomic mass is 32.2. The van der Waals surface area contributed by atoms with Crippen molar-refractivity contribution < 1.29 is 13.7 Å². The number of likely N-dealkylation sites (N-methyl/N-ethyl adjacent to an activating group) is 1. The van der Waals surface area contributed by atoms with E-state index in [0.717, 1.165) is 53.4 Å². The first-order valence-electron chi connectivity index (χ1n) is 10.2. The minimum absolute atomic E-state index is 0.529. The minimum Gasteiger partial charge on any atom is -0.492 e. The minimum atomic E-state index is -1.27. The zero-order chi connectivity index (χ0) is 20.8. The average Bonchev–Trinajstić information content (AvgIpc) is 3.02. The summed E-state index contributed by atoms with van der Waals surface area (Å²) < 4.78 is 25.9. The van der Waals surface area contributed by atoms with E-state index in [2.05, 4.69) is 16.9 Å². The zero-order valence-corrected chi connectivity index (χ0v) is 18.0. The normalized spacial score (nSPS) is 18.4. The predicted molar refractivity (Wildman–Crippen MR) is 119 cm³/mol. The standard InChI is InChI=1S/C18H16N2O2S.C5H11NO/c21-23(17-9-3-6-14-7-4-10-19-18(14)17)20-11-12-22-16-8-2-1-5-15(16)13-20;1-6-2-4-7-5-3-6/h1-10H,11-13H2;2-5H2,1H3. The number of nitrogens with zero attached hydrogens (tertiary/aromatic N) is 3. The molecule has 0 radical (unpaired) electrons. The van der Waals surface area contributed by atoms with Crippen LogP contribution >= 0.6 is 0 Å². The van der Waals surface area contributed by atoms with Crippen molar-refractivity contribution in [2.75, 3.05) is 46.5 Å². The molecule has 0 saturated carbocycles. The van der Waals surface area contributed by atoms with Crippen LogP contribution < -0.4 is 4.74 Å². The topological polar surface area (TPSA) is 54.9 Å². The maximum Gasteiger partial charge on any atom is 0.130 e. The number of benzene rings is 2. The second-order valence-corrected chi connectivity index (χ2v) is 8.77. The predicted octanol–water partition coefficient (Wildman–Crippen LogP) is 3.10. The molecule has 1 atom stereocenters. The van der Waals surface area contributed by atoms with Crippen molar-refractivity contribution in [3.8, 4) is 5.75 Å². The highest BCUT2D eigenvalue weighted by Gasteiger charge is 2.22. The molecular formula is C23H27N3O3S. The van der Waals surface area contributed by atoms with Gasteiger partial charge in [-0.2, -0.15) is 0 Å². The molecule has 158 valence electrons. The van der Waals surface area contributed by atoms with E-state index in [4.69, 9.17) is 9.47 Å². The SMILES string of the molecule is CN1CCOCC1.O=S(c1cccc2cccnc12)N1CCOc2ccccc2C1. The quantitative estimate of drug-likeness (QED) is 0.632. The van der Waals surface area contributed by atoms with E-state index in [0.29, 0.717) is 19.7 Å². The first kappa shape index (κ1) is 20.9. The molecule has 6 nitrogen and oxygen atoms in total. The molecule has 0 bridgehead atoms. The van der Waals surface area contributed by atoms with Crippen LogP contribution in [0.1, 0.15) is 5.56 Å². The van der Waals surface area contributed by atoms with Crippen molar-refractivity contribution in [3.63, 3.8) is 0 Å². The van der Waals surface area contributed by atoms with Gasteiger partial charge in [-0.15, -0.1) is 0 Å². The van der Waals surface area contributed by atoms with Gasteiger partial charge in [0.15, 0.2) is 0 Å². The molecule has 0 aliphatic carbocycles. The number of fused-ring (bicyclic) bond motifs is 2. The van der Waals surface area contributed by atoms with E-state index in [9.17, 15) is 4.21 Å². The summed E-state index contributed by atoms with van der Waals surface area (Å²) in [5.41, 5.74) is 1.86. The van der Waals surface area contributed by atoms with Crippen molar-refractivity contribution in [2.45, 2.75) is 11.4 Å². The largest absolute Gasteiger partial charge is 0.492 e. The maximum absolute atomic E-state index is 13.1. The Morgan fingerprint density at radius 1 is 0.933 bits per heavy atom. The van der Waals surface area contributed by atoms with E-state index >= 15 is 0 Å². The van der Waals surface area contributed by atoms with Gasteiger partial charge >= 0.3 is 0 Å². The number of pyridine rings is 1. The Labute approximate surface area is 180 Å². The summed E-state index contributed by atoms with van der Waals surface area (Å²) in [6, 6.07) is 17.6. The molecule has 30 heavy (non-hydrogen) atoms. The lowest BCUT2D eigenvalue weighted by Gasteiger charge is -2.21. The lowest BCUT2D eigenvalue weighted by Crippen LogP contribution is -2.32. The molecule has 1 fully saturated rings. The third-order valence-corrected chi connectivity index (χ3v) is 6.66. The van der Waals surface area contributed by atoms with Crippen LogP contribution in [-0.4, -0.2) is 64.9 Å². The van der Waals surface area contributed by atoms with E-state index in [1.54, 1.807) is 6.20 Å². The summed E-state index contributed by atoms with van der Waals surface area (Å²) in [6.07, 6.45) is 1.74. The molecule has 1 aromatic heterocycles. The van der Waals surface area contributed by atoms with Crippen LogP contribution in [0.25, 0.3) is 10.9 Å². The van der Waals surface area contributed by atoms with Crippen LogP contribution in [0.15, 0.2) is 65.7 Å². The lowest BCUT2D eigenvalue weighted by atomic mass is 10.2. The molecule has 3 heterocycles. The number of hydrogen-bond acceptors (Lipinski definition) is 5. The van der Waals surface area contributed by atoms with Crippen LogP contribution in [0, 0.1) is 0 Å². The summed E-state index contributed by atoms with van der Waals surface area (Å²) >= 11 is 0. The highest BCUT2D eigenvalue weighted by molar-refractivity contribution is 7.82. The fourth-order valence-corrected chi connectivity index (χ4v) is 4.76. The average molecular weight is 426 g/mol. The number of morpholine rings is 1. The smallest absolute Gasteiger partial charge is 0.130 e. The number of ether oxygens (including phenoxy) is 2. The summed E-state index contributed by atoms with van der Waals surface area (Å²) in [7, 11) is 0.842. The zero-order valence-electron chi connectivity index (χ0n) is 17.2. The van der Waals surface area contributed by atoms with Crippen LogP contribution in [0.3, 0.4) is 0 Å². The highest BCUT2D eigenvalue weighted by Crippen LogP contribution is 2.27. The van der Waals surface area contributed by atoms with Gasteiger partial charge in [-0.05, 0) is 25.2 Å². The van der Waals surface area contributed by atoms with Gasteiger partial charge in [0.25, 0.3) is 0 Å². The fourth-order valence-electron chi connectivity index (χ4n) is 3.45. The molecule has 5 rings (SSSR count). The van der Waals surface area contributed by atoms with Gasteiger partial charge in [-0.3, -0.25) is 4.98 Å². The van der Waals surface area contributed by atoms with E-state index < -0.39 is 11.0 Å². The Balaban J connectivity index is 0.000000265. The molecule has 1 unspecified atom stereocenters. The third-order valence-electron chi connectivity index (χ3n) is 5.17. The fraction of sp³-hybridized carbons (Fsp3) is 0.348. The summed E-state index contributed by atoms with van der Waals surface area (Å²) in [6.45, 7) is 5.77. The molecule has 0 amide bonds. The molecule has 2 aromatic carbocycles. The Morgan fingerprint density at radius 3 is 2.53 bits per heavy atom. The molecule has 7 heteroatoms. The van der Waals surface area contributed by atoms with Gasteiger partial charge in [0.1, 0.15) is 23.3 Å². The molecular weight excluding hydrogens is 398 g/mol. The van der Waals surface area contributed by atoms with Crippen LogP contribution in [0.2, 0.25) is 0 Å². The molecule has 0 N–H and O–H groups in total. The van der Waals surface area contributed by atoms with Crippen molar-refractivity contribution >= 4 is 21.9 Å². The number of aromatic nitrogens is 1. The van der Waals surface area contributed by atoms with Crippen molar-refractivity contribution in [3.05, 3.63) is 66.4 Å². The Bertz CT molecular complexity index is 1000. The summed E-state index contributed by atoms with van der Waals surface area (Å²) in [4.78, 5) is 7.43. The molecule has 2 aliphatic heterocycles. The number of rotatable bonds is 2. The first-order valence-corrected chi connectivity index (χ1v) is 11.3. The second-order valence-electron chi connectivity index (χ2n) is 7.32. The van der Waals surface area contributed by atoms with Gasteiger partial charge in [-0.1, -0.05) is 36.4 Å². The summed E-state index contributed by atoms with van der Waals surface area (Å²) in [5.74, 6) is 0.878. The molecule has 3 aromatic rings. The van der Waals surface area contributed by atoms with Gasteiger partial charge < -0.3 is 14.4 Å². The summed E-state index contributed by atoms with van der Waals surface area (Å²) in [5, 5.41) is 1.00. The lowest BCUT2D eigenvalue weighted by molar-refractivity contribution is 0.0503. The van der Waals surface area contributed by atoms with Crippen LogP contribution in [0.5, 0.6) is 5.75 Å². The maximum atomic E-state index is 13.1. The van der Waals surface area contributed by atoms with Crippen molar-refractivity contribution in [1.82, 2.24) is 14.2 Å². The molecule has 0 spiro atoms. The Hall–Kier alpha value is -2.32. The monoisotopic (exact) mass is 425 g/mol. The van der Waals surface area contributed by atoms with Crippen molar-refractivity contribution in [1.29, 1.82) is 0 Å². The van der Waals surface area contributed by atoms with Crippen LogP contribution in [-0.2, 0) is 22.3 Å². The first-order chi connectivity index (χ1) is 14.7. The van der Waals surface area contributed by atoms with Crippen molar-refractivity contribution in [2.24, 2.45) is 0 Å². The number of para-hydroxylation sites is 2. The molecule has 2 aliphatic rings. The third kappa shape index (κ3) is 5.05. The second kappa shape index (κ2) is 10.1. The Morgan fingerprint density at radius 2 is 1.73 bits per heavy atom. The van der Waals surface area contributed by atoms with E-state index in [1.165, 1.54) is 0 Å². The van der Waals surface area contributed by atoms with E-state index in [1.807, 2.05) is 58.9 Å². The van der Waals surface area contributed by atoms with Gasteiger partial charge in [-0.25, -0.2) is 8.51 Å². The molecule has 1 saturated heterocycles. The van der Waals surface area contributed by atoms with Gasteiger partial charge in [0.2, 0.25) is 0 Å². The van der Waals surface area contributed by atoms with Crippen LogP contribution in [0.4, 0.5) is 0 Å². The van der Waals surface area contributed by atoms with Gasteiger partial charge in [0, 0.05) is 43.3 Å².